The SMILES string of the molecule is Cn1cnnc1CNCCC(F)(F)F. The zero-order chi connectivity index (χ0) is 10.6. The molecule has 0 atom stereocenters. The zero-order valence-corrected chi connectivity index (χ0v) is 7.67. The van der Waals surface area contributed by atoms with Crippen molar-refractivity contribution < 1.29 is 13.2 Å². The van der Waals surface area contributed by atoms with E-state index >= 15 is 0 Å². The normalized spacial score (nSPS) is 12.0. The summed E-state index contributed by atoms with van der Waals surface area (Å²) in [7, 11) is 1.74. The fourth-order valence-corrected chi connectivity index (χ4v) is 0.897. The lowest BCUT2D eigenvalue weighted by atomic mass is 10.4. The molecule has 1 rings (SSSR count). The maximum atomic E-state index is 11.7. The number of nitrogens with zero attached hydrogens (tertiary/aromatic N) is 3. The summed E-state index contributed by atoms with van der Waals surface area (Å²) in [5.41, 5.74) is 0. The lowest BCUT2D eigenvalue weighted by Crippen LogP contribution is -2.22. The minimum absolute atomic E-state index is 0.101. The van der Waals surface area contributed by atoms with Crippen molar-refractivity contribution in [1.29, 1.82) is 0 Å². The molecule has 0 saturated carbocycles. The Labute approximate surface area is 79.1 Å². The summed E-state index contributed by atoms with van der Waals surface area (Å²) in [6, 6.07) is 0. The molecule has 7 heteroatoms. The number of hydrogen-bond acceptors (Lipinski definition) is 3. The predicted octanol–water partition coefficient (Wildman–Crippen LogP) is 0.857. The van der Waals surface area contributed by atoms with Gasteiger partial charge in [-0.15, -0.1) is 10.2 Å². The van der Waals surface area contributed by atoms with Crippen molar-refractivity contribution in [2.24, 2.45) is 7.05 Å². The van der Waals surface area contributed by atoms with Gasteiger partial charge in [0.15, 0.2) is 0 Å². The van der Waals surface area contributed by atoms with E-state index in [1.165, 1.54) is 6.33 Å². The molecule has 1 aromatic rings. The molecule has 0 spiro atoms. The molecule has 1 aromatic heterocycles. The molecule has 4 nitrogen and oxygen atoms in total. The van der Waals surface area contributed by atoms with Crippen molar-refractivity contribution in [2.45, 2.75) is 19.1 Å². The van der Waals surface area contributed by atoms with E-state index in [9.17, 15) is 13.2 Å². The van der Waals surface area contributed by atoms with Crippen molar-refractivity contribution in [3.05, 3.63) is 12.2 Å². The third-order valence-electron chi connectivity index (χ3n) is 1.67. The summed E-state index contributed by atoms with van der Waals surface area (Å²) in [6.45, 7) is 0.197. The number of hydrogen-bond donors (Lipinski definition) is 1. The van der Waals surface area contributed by atoms with Gasteiger partial charge >= 0.3 is 6.18 Å². The maximum absolute atomic E-state index is 11.7. The van der Waals surface area contributed by atoms with Gasteiger partial charge in [0.25, 0.3) is 0 Å². The van der Waals surface area contributed by atoms with Crippen LogP contribution in [-0.4, -0.2) is 27.5 Å². The average molecular weight is 208 g/mol. The molecule has 0 bridgehead atoms. The molecule has 0 radical (unpaired) electrons. The second-order valence-electron chi connectivity index (χ2n) is 2.90. The zero-order valence-electron chi connectivity index (χ0n) is 7.67. The second-order valence-corrected chi connectivity index (χ2v) is 2.90. The van der Waals surface area contributed by atoms with Gasteiger partial charge in [0.1, 0.15) is 12.2 Å². The molecule has 0 fully saturated rings. The second kappa shape index (κ2) is 4.41. The van der Waals surface area contributed by atoms with Gasteiger partial charge in [0, 0.05) is 13.6 Å². The number of nitrogens with one attached hydrogen (secondary N) is 1. The topological polar surface area (TPSA) is 42.7 Å². The lowest BCUT2D eigenvalue weighted by Gasteiger charge is -2.06. The Morgan fingerprint density at radius 1 is 1.50 bits per heavy atom. The Morgan fingerprint density at radius 3 is 2.71 bits per heavy atom. The van der Waals surface area contributed by atoms with Crippen molar-refractivity contribution in [1.82, 2.24) is 20.1 Å². The first-order valence-corrected chi connectivity index (χ1v) is 4.09. The van der Waals surface area contributed by atoms with Crippen LogP contribution in [0, 0.1) is 0 Å². The fourth-order valence-electron chi connectivity index (χ4n) is 0.897. The maximum Gasteiger partial charge on any atom is 0.390 e. The molecular formula is C7H11F3N4. The summed E-state index contributed by atoms with van der Waals surface area (Å²) in [5.74, 6) is 0.618. The molecule has 0 unspecified atom stereocenters. The molecule has 0 aliphatic rings. The largest absolute Gasteiger partial charge is 0.390 e. The molecule has 0 aliphatic carbocycles. The first kappa shape index (κ1) is 11.0. The van der Waals surface area contributed by atoms with Gasteiger partial charge in [0.05, 0.1) is 13.0 Å². The van der Waals surface area contributed by atoms with Crippen LogP contribution < -0.4 is 5.32 Å². The molecule has 1 N–H and O–H groups in total. The van der Waals surface area contributed by atoms with Crippen LogP contribution in [-0.2, 0) is 13.6 Å². The Bertz CT molecular complexity index is 281. The van der Waals surface area contributed by atoms with Crippen LogP contribution in [0.2, 0.25) is 0 Å². The van der Waals surface area contributed by atoms with E-state index in [2.05, 4.69) is 15.5 Å². The molecule has 0 aliphatic heterocycles. The Kier molecular flexibility index (Phi) is 3.45. The van der Waals surface area contributed by atoms with Crippen LogP contribution in [0.15, 0.2) is 6.33 Å². The van der Waals surface area contributed by atoms with Crippen LogP contribution in [0.1, 0.15) is 12.2 Å². The van der Waals surface area contributed by atoms with Crippen LogP contribution in [0.25, 0.3) is 0 Å². The van der Waals surface area contributed by atoms with Gasteiger partial charge in [0.2, 0.25) is 0 Å². The number of aromatic nitrogens is 3. The smallest absolute Gasteiger partial charge is 0.320 e. The number of halogens is 3. The Hall–Kier alpha value is -1.11. The van der Waals surface area contributed by atoms with Gasteiger partial charge in [-0.3, -0.25) is 0 Å². The van der Waals surface area contributed by atoms with Crippen LogP contribution in [0.4, 0.5) is 13.2 Å². The van der Waals surface area contributed by atoms with Gasteiger partial charge in [-0.05, 0) is 0 Å². The van der Waals surface area contributed by atoms with E-state index in [1.807, 2.05) is 0 Å². The average Bonchev–Trinajstić information content (AvgIpc) is 2.44. The Balaban J connectivity index is 2.20. The van der Waals surface area contributed by atoms with E-state index < -0.39 is 12.6 Å². The van der Waals surface area contributed by atoms with E-state index in [-0.39, 0.29) is 6.54 Å². The summed E-state index contributed by atoms with van der Waals surface area (Å²) >= 11 is 0. The molecule has 0 aromatic carbocycles. The third-order valence-corrected chi connectivity index (χ3v) is 1.67. The van der Waals surface area contributed by atoms with E-state index in [0.717, 1.165) is 0 Å². The van der Waals surface area contributed by atoms with E-state index in [1.54, 1.807) is 11.6 Å². The highest BCUT2D eigenvalue weighted by molar-refractivity contribution is 4.82. The first-order chi connectivity index (χ1) is 6.49. The summed E-state index contributed by atoms with van der Waals surface area (Å²) in [4.78, 5) is 0. The van der Waals surface area contributed by atoms with Crippen molar-refractivity contribution >= 4 is 0 Å². The molecule has 14 heavy (non-hydrogen) atoms. The monoisotopic (exact) mass is 208 g/mol. The Morgan fingerprint density at radius 2 is 2.21 bits per heavy atom. The fraction of sp³-hybridized carbons (Fsp3) is 0.714. The number of rotatable bonds is 4. The van der Waals surface area contributed by atoms with Crippen molar-refractivity contribution in [2.75, 3.05) is 6.54 Å². The van der Waals surface area contributed by atoms with Crippen LogP contribution >= 0.6 is 0 Å². The highest BCUT2D eigenvalue weighted by Crippen LogP contribution is 2.18. The van der Waals surface area contributed by atoms with E-state index in [4.69, 9.17) is 0 Å². The van der Waals surface area contributed by atoms with Crippen molar-refractivity contribution in [3.8, 4) is 0 Å². The highest BCUT2D eigenvalue weighted by Gasteiger charge is 2.25. The molecule has 80 valence electrons. The van der Waals surface area contributed by atoms with Gasteiger partial charge in [-0.1, -0.05) is 0 Å². The highest BCUT2D eigenvalue weighted by atomic mass is 19.4. The first-order valence-electron chi connectivity index (χ1n) is 4.09. The summed E-state index contributed by atoms with van der Waals surface area (Å²) in [5, 5.41) is 9.96. The molecule has 1 heterocycles. The summed E-state index contributed by atoms with van der Waals surface area (Å²) < 4.78 is 36.8. The number of aryl methyl sites for hydroxylation is 1. The van der Waals surface area contributed by atoms with E-state index in [0.29, 0.717) is 12.4 Å². The molecule has 0 saturated heterocycles. The number of alkyl halides is 3. The molecular weight excluding hydrogens is 197 g/mol. The minimum Gasteiger partial charge on any atom is -0.320 e. The van der Waals surface area contributed by atoms with Crippen LogP contribution in [0.3, 0.4) is 0 Å². The van der Waals surface area contributed by atoms with Gasteiger partial charge in [-0.25, -0.2) is 0 Å². The minimum atomic E-state index is -4.10. The quantitative estimate of drug-likeness (QED) is 0.746. The predicted molar refractivity (Wildman–Crippen MR) is 43.4 cm³/mol. The lowest BCUT2D eigenvalue weighted by molar-refractivity contribution is -0.133. The standard InChI is InChI=1S/C7H11F3N4/c1-14-5-12-13-6(14)4-11-3-2-7(8,9)10/h5,11H,2-4H2,1H3. The third kappa shape index (κ3) is 3.73. The summed E-state index contributed by atoms with van der Waals surface area (Å²) in [6.07, 6.45) is -3.43. The van der Waals surface area contributed by atoms with Gasteiger partial charge in [-0.2, -0.15) is 13.2 Å². The molecule has 0 amide bonds. The van der Waals surface area contributed by atoms with Crippen molar-refractivity contribution in [3.63, 3.8) is 0 Å². The van der Waals surface area contributed by atoms with Crippen LogP contribution in [0.5, 0.6) is 0 Å². The van der Waals surface area contributed by atoms with Gasteiger partial charge < -0.3 is 9.88 Å².